The zero-order chi connectivity index (χ0) is 24.8. The fourth-order valence-electron chi connectivity index (χ4n) is 2.48. The lowest BCUT2D eigenvalue weighted by Crippen LogP contribution is -2.50. The number of H-pyrrole nitrogens is 1. The number of hydrogen-bond donors (Lipinski definition) is 6. The van der Waals surface area contributed by atoms with Crippen LogP contribution in [-0.4, -0.2) is 62.6 Å². The number of benzene rings is 1. The van der Waals surface area contributed by atoms with Crippen molar-refractivity contribution in [1.82, 2.24) is 20.6 Å². The number of aromatic nitrogens is 2. The number of allylic oxidation sites excluding steroid dienone is 1. The van der Waals surface area contributed by atoms with E-state index in [1.165, 1.54) is 6.33 Å². The predicted octanol–water partition coefficient (Wildman–Crippen LogP) is 0.245. The minimum absolute atomic E-state index is 0.205. The van der Waals surface area contributed by atoms with Gasteiger partial charge < -0.3 is 31.6 Å². The van der Waals surface area contributed by atoms with Crippen molar-refractivity contribution in [3.05, 3.63) is 65.8 Å². The van der Waals surface area contributed by atoms with Gasteiger partial charge in [-0.15, -0.1) is 0 Å². The first-order chi connectivity index (χ1) is 15.6. The largest absolute Gasteiger partial charge is 0.480 e. The molecule has 0 saturated carbocycles. The van der Waals surface area contributed by atoms with E-state index < -0.39 is 29.9 Å². The maximum Gasteiger partial charge on any atom is 0.326 e. The number of rotatable bonds is 10. The quantitative estimate of drug-likeness (QED) is 0.273. The molecule has 2 aromatic rings. The van der Waals surface area contributed by atoms with Crippen LogP contribution in [0.25, 0.3) is 0 Å². The van der Waals surface area contributed by atoms with Gasteiger partial charge in [-0.2, -0.15) is 0 Å². The van der Waals surface area contributed by atoms with E-state index in [0.717, 1.165) is 5.56 Å². The fourth-order valence-corrected chi connectivity index (χ4v) is 2.48. The normalized spacial score (nSPS) is 12.5. The van der Waals surface area contributed by atoms with Gasteiger partial charge in [0, 0.05) is 24.6 Å². The molecule has 0 unspecified atom stereocenters. The van der Waals surface area contributed by atoms with Gasteiger partial charge in [-0.3, -0.25) is 14.4 Å². The van der Waals surface area contributed by atoms with Crippen LogP contribution in [0.15, 0.2) is 54.5 Å². The Bertz CT molecular complexity index is 943. The van der Waals surface area contributed by atoms with E-state index in [9.17, 15) is 24.3 Å². The Kier molecular flexibility index (Phi) is 11.6. The molecule has 0 aliphatic rings. The zero-order valence-electron chi connectivity index (χ0n) is 18.4. The number of amides is 2. The van der Waals surface area contributed by atoms with Crippen molar-refractivity contribution in [1.29, 1.82) is 0 Å². The Labute approximate surface area is 191 Å². The number of carboxylic acids is 2. The molecule has 2 atom stereocenters. The van der Waals surface area contributed by atoms with Crippen molar-refractivity contribution in [2.24, 2.45) is 5.73 Å². The SMILES string of the molecule is C/C=C(\C)C(=O)NCC(=O)O.N[C@@H](Cc1c[nH]cn1)C(=O)N[C@@H](Cc1ccccc1)C(=O)O. The summed E-state index contributed by atoms with van der Waals surface area (Å²) >= 11 is 0. The Hall–Kier alpha value is -3.99. The third kappa shape index (κ3) is 10.7. The molecule has 0 fully saturated rings. The van der Waals surface area contributed by atoms with E-state index >= 15 is 0 Å². The monoisotopic (exact) mass is 459 g/mol. The van der Waals surface area contributed by atoms with Gasteiger partial charge in [0.15, 0.2) is 0 Å². The highest BCUT2D eigenvalue weighted by molar-refractivity contribution is 5.94. The van der Waals surface area contributed by atoms with E-state index in [4.69, 9.17) is 10.8 Å². The fraction of sp³-hybridized carbons (Fsp3) is 0.318. The molecule has 178 valence electrons. The second kappa shape index (κ2) is 14.1. The van der Waals surface area contributed by atoms with Crippen molar-refractivity contribution in [3.63, 3.8) is 0 Å². The Balaban J connectivity index is 0.000000420. The highest BCUT2D eigenvalue weighted by Gasteiger charge is 2.24. The van der Waals surface area contributed by atoms with Crippen molar-refractivity contribution >= 4 is 23.8 Å². The van der Waals surface area contributed by atoms with Gasteiger partial charge >= 0.3 is 11.9 Å². The molecule has 11 heteroatoms. The number of carbonyl (C=O) groups excluding carboxylic acids is 2. The molecule has 11 nitrogen and oxygen atoms in total. The van der Waals surface area contributed by atoms with E-state index in [-0.39, 0.29) is 25.3 Å². The predicted molar refractivity (Wildman–Crippen MR) is 120 cm³/mol. The maximum atomic E-state index is 12.0. The molecular formula is C22H29N5O6. The van der Waals surface area contributed by atoms with E-state index in [1.807, 2.05) is 30.3 Å². The Morgan fingerprint density at radius 3 is 2.33 bits per heavy atom. The smallest absolute Gasteiger partial charge is 0.326 e. The molecule has 0 spiro atoms. The lowest BCUT2D eigenvalue weighted by molar-refractivity contribution is -0.142. The van der Waals surface area contributed by atoms with Gasteiger partial charge in [-0.25, -0.2) is 9.78 Å². The number of aliphatic carboxylic acids is 2. The van der Waals surface area contributed by atoms with Crippen LogP contribution in [0.1, 0.15) is 25.1 Å². The van der Waals surface area contributed by atoms with Gasteiger partial charge in [0.1, 0.15) is 12.6 Å². The highest BCUT2D eigenvalue weighted by Crippen LogP contribution is 2.04. The number of carboxylic acid groups (broad SMARTS) is 2. The number of hydrogen-bond acceptors (Lipinski definition) is 6. The Morgan fingerprint density at radius 2 is 1.82 bits per heavy atom. The number of imidazole rings is 1. The van der Waals surface area contributed by atoms with Crippen molar-refractivity contribution < 1.29 is 29.4 Å². The summed E-state index contributed by atoms with van der Waals surface area (Å²) in [4.78, 5) is 50.9. The number of nitrogens with two attached hydrogens (primary N) is 1. The molecule has 0 bridgehead atoms. The Morgan fingerprint density at radius 1 is 1.15 bits per heavy atom. The summed E-state index contributed by atoms with van der Waals surface area (Å²) in [6.45, 7) is 3.01. The van der Waals surface area contributed by atoms with E-state index in [2.05, 4.69) is 20.6 Å². The molecule has 0 saturated heterocycles. The molecule has 1 heterocycles. The van der Waals surface area contributed by atoms with Gasteiger partial charge in [-0.1, -0.05) is 36.4 Å². The topological polar surface area (TPSA) is 188 Å². The van der Waals surface area contributed by atoms with Gasteiger partial charge in [0.25, 0.3) is 0 Å². The molecule has 0 aliphatic carbocycles. The van der Waals surface area contributed by atoms with Crippen molar-refractivity contribution in [2.75, 3.05) is 6.54 Å². The lowest BCUT2D eigenvalue weighted by Gasteiger charge is -2.17. The third-order valence-electron chi connectivity index (χ3n) is 4.41. The standard InChI is InChI=1S/C15H18N4O3.C7H11NO3/c16-12(7-11-8-17-9-18-11)14(20)19-13(15(21)22)6-10-4-2-1-3-5-10;1-3-5(2)7(11)8-4-6(9)10/h1-5,8-9,12-13H,6-7,16H2,(H,17,18)(H,19,20)(H,21,22);3H,4H2,1-2H3,(H,8,11)(H,9,10)/b;5-3+/t12-,13-;/m0./s1. The van der Waals surface area contributed by atoms with Crippen LogP contribution in [0.5, 0.6) is 0 Å². The minimum Gasteiger partial charge on any atom is -0.480 e. The van der Waals surface area contributed by atoms with Crippen LogP contribution in [0.2, 0.25) is 0 Å². The van der Waals surface area contributed by atoms with Crippen molar-refractivity contribution in [3.8, 4) is 0 Å². The minimum atomic E-state index is -1.09. The van der Waals surface area contributed by atoms with Crippen LogP contribution in [-0.2, 0) is 32.0 Å². The molecule has 2 amide bonds. The second-order valence-electron chi connectivity index (χ2n) is 7.01. The second-order valence-corrected chi connectivity index (χ2v) is 7.01. The van der Waals surface area contributed by atoms with Crippen LogP contribution >= 0.6 is 0 Å². The van der Waals surface area contributed by atoms with Gasteiger partial charge in [0.05, 0.1) is 18.1 Å². The van der Waals surface area contributed by atoms with Crippen LogP contribution in [0, 0.1) is 0 Å². The average molecular weight is 460 g/mol. The summed E-state index contributed by atoms with van der Waals surface area (Å²) in [5, 5.41) is 22.1. The summed E-state index contributed by atoms with van der Waals surface area (Å²) < 4.78 is 0. The molecule has 2 rings (SSSR count). The number of aromatic amines is 1. The van der Waals surface area contributed by atoms with Gasteiger partial charge in [0.2, 0.25) is 11.8 Å². The molecule has 1 aromatic heterocycles. The third-order valence-corrected chi connectivity index (χ3v) is 4.41. The molecule has 33 heavy (non-hydrogen) atoms. The zero-order valence-corrected chi connectivity index (χ0v) is 18.4. The molecule has 0 radical (unpaired) electrons. The summed E-state index contributed by atoms with van der Waals surface area (Å²) in [5.41, 5.74) is 7.79. The maximum absolute atomic E-state index is 12.0. The summed E-state index contributed by atoms with van der Waals surface area (Å²) in [5.74, 6) is -2.98. The van der Waals surface area contributed by atoms with Gasteiger partial charge in [-0.05, 0) is 19.4 Å². The van der Waals surface area contributed by atoms with Crippen LogP contribution in [0.3, 0.4) is 0 Å². The molecule has 1 aromatic carbocycles. The summed E-state index contributed by atoms with van der Waals surface area (Å²) in [6, 6.07) is 7.24. The first kappa shape index (κ1) is 27.0. The van der Waals surface area contributed by atoms with E-state index in [1.54, 1.807) is 26.1 Å². The molecular weight excluding hydrogens is 430 g/mol. The van der Waals surface area contributed by atoms with Crippen LogP contribution in [0.4, 0.5) is 0 Å². The summed E-state index contributed by atoms with van der Waals surface area (Å²) in [6.07, 6.45) is 5.21. The lowest BCUT2D eigenvalue weighted by atomic mass is 10.1. The number of nitrogens with one attached hydrogen (secondary N) is 3. The van der Waals surface area contributed by atoms with E-state index in [0.29, 0.717) is 11.3 Å². The number of carbonyl (C=O) groups is 4. The van der Waals surface area contributed by atoms with Crippen molar-refractivity contribution in [2.45, 2.75) is 38.8 Å². The molecule has 7 N–H and O–H groups in total. The van der Waals surface area contributed by atoms with Crippen LogP contribution < -0.4 is 16.4 Å². The molecule has 0 aliphatic heterocycles. The average Bonchev–Trinajstić information content (AvgIpc) is 3.30. The summed E-state index contributed by atoms with van der Waals surface area (Å²) in [7, 11) is 0. The highest BCUT2D eigenvalue weighted by atomic mass is 16.4. The number of nitrogens with zero attached hydrogens (tertiary/aromatic N) is 1. The first-order valence-corrected chi connectivity index (χ1v) is 10.1. The first-order valence-electron chi connectivity index (χ1n) is 10.1.